The van der Waals surface area contributed by atoms with Crippen molar-refractivity contribution in [3.8, 4) is 0 Å². The number of carboxylic acids is 1. The van der Waals surface area contributed by atoms with Gasteiger partial charge in [-0.05, 0) is 31.5 Å². The summed E-state index contributed by atoms with van der Waals surface area (Å²) in [5, 5.41) is 13.5. The second-order valence-electron chi connectivity index (χ2n) is 5.14. The fourth-order valence-corrected chi connectivity index (χ4v) is 3.66. The summed E-state index contributed by atoms with van der Waals surface area (Å²) < 4.78 is 23.0. The van der Waals surface area contributed by atoms with Crippen LogP contribution in [0.1, 0.15) is 24.8 Å². The highest BCUT2D eigenvalue weighted by atomic mass is 35.5. The zero-order valence-corrected chi connectivity index (χ0v) is 13.6. The number of sulfonamides is 1. The minimum Gasteiger partial charge on any atom is -0.481 e. The molecule has 3 N–H and O–H groups in total. The summed E-state index contributed by atoms with van der Waals surface area (Å²) in [5.41, 5.74) is -0.103. The van der Waals surface area contributed by atoms with Gasteiger partial charge in [0.15, 0.2) is 0 Å². The molecule has 0 saturated heterocycles. The highest BCUT2D eigenvalue weighted by Crippen LogP contribution is 2.40. The van der Waals surface area contributed by atoms with Crippen LogP contribution in [0.3, 0.4) is 0 Å². The number of rotatable bonds is 4. The summed E-state index contributed by atoms with van der Waals surface area (Å²) in [6, 6.07) is 4.88. The van der Waals surface area contributed by atoms with Crippen molar-refractivity contribution < 1.29 is 18.3 Å². The Hall–Kier alpha value is -1.22. The van der Waals surface area contributed by atoms with Gasteiger partial charge in [0.25, 0.3) is 10.0 Å². The molecule has 0 aliphatic carbocycles. The lowest BCUT2D eigenvalue weighted by Gasteiger charge is -2.25. The Morgan fingerprint density at radius 3 is 2.62 bits per heavy atom. The van der Waals surface area contributed by atoms with Gasteiger partial charge in [-0.1, -0.05) is 6.07 Å². The minimum absolute atomic E-state index is 0.182. The third-order valence-corrected chi connectivity index (χ3v) is 6.25. The number of hydrogen-bond acceptors (Lipinski definition) is 5. The monoisotopic (exact) mass is 348 g/mol. The van der Waals surface area contributed by atoms with Crippen molar-refractivity contribution in [3.05, 3.63) is 23.8 Å². The van der Waals surface area contributed by atoms with Gasteiger partial charge in [0, 0.05) is 0 Å². The maximum atomic E-state index is 11.3. The van der Waals surface area contributed by atoms with Crippen LogP contribution in [-0.4, -0.2) is 24.5 Å². The molecule has 0 aliphatic heterocycles. The van der Waals surface area contributed by atoms with Crippen LogP contribution in [0, 0.1) is 5.41 Å². The van der Waals surface area contributed by atoms with E-state index >= 15 is 0 Å². The second kappa shape index (κ2) is 5.20. The molecule has 6 nitrogen and oxygen atoms in total. The Bertz CT molecular complexity index is 814. The van der Waals surface area contributed by atoms with Crippen LogP contribution >= 0.6 is 22.9 Å². The lowest BCUT2D eigenvalue weighted by Crippen LogP contribution is -2.28. The van der Waals surface area contributed by atoms with E-state index in [4.69, 9.17) is 16.7 Å². The first-order chi connectivity index (χ1) is 9.53. The van der Waals surface area contributed by atoms with E-state index in [1.807, 2.05) is 0 Å². The van der Waals surface area contributed by atoms with Gasteiger partial charge in [-0.2, -0.15) is 0 Å². The topological polar surface area (TPSA) is 110 Å². The summed E-state index contributed by atoms with van der Waals surface area (Å²) in [4.78, 5) is 15.2. The van der Waals surface area contributed by atoms with Crippen LogP contribution in [0.4, 0.5) is 0 Å². The highest BCUT2D eigenvalue weighted by molar-refractivity contribution is 7.91. The molecule has 0 radical (unpaired) electrons. The van der Waals surface area contributed by atoms with Crippen LogP contribution in [0.5, 0.6) is 0 Å². The van der Waals surface area contributed by atoms with Gasteiger partial charge in [-0.25, -0.2) is 18.5 Å². The minimum atomic E-state index is -3.86. The molecule has 21 heavy (non-hydrogen) atoms. The number of nitrogens with two attached hydrogens (primary N) is 1. The number of thiazole rings is 1. The standard InChI is InChI=1S/C12H13ClN2O4S2/c1-12(2,10(16)17)9(13)6-3-4-7-8(5-6)20-11(15-7)21(14,18)19/h3-5,9H,1-2H3,(H,16,17)(H2,14,18,19). The van der Waals surface area contributed by atoms with Gasteiger partial charge < -0.3 is 5.11 Å². The van der Waals surface area contributed by atoms with Crippen molar-refractivity contribution in [1.82, 2.24) is 4.98 Å². The number of primary sulfonamides is 1. The predicted octanol–water partition coefficient (Wildman–Crippen LogP) is 2.33. The zero-order chi connectivity index (χ0) is 16.0. The Kier molecular flexibility index (Phi) is 4.00. The van der Waals surface area contributed by atoms with Crippen molar-refractivity contribution in [2.24, 2.45) is 10.6 Å². The van der Waals surface area contributed by atoms with Crippen LogP contribution in [0.2, 0.25) is 0 Å². The van der Waals surface area contributed by atoms with Crippen LogP contribution in [0.25, 0.3) is 10.2 Å². The van der Waals surface area contributed by atoms with Crippen molar-refractivity contribution in [1.29, 1.82) is 0 Å². The normalized spacial score (nSPS) is 14.3. The number of carboxylic acid groups (broad SMARTS) is 1. The van der Waals surface area contributed by atoms with E-state index in [2.05, 4.69) is 4.98 Å². The number of aromatic nitrogens is 1. The van der Waals surface area contributed by atoms with Gasteiger partial charge in [0.05, 0.1) is 21.0 Å². The molecule has 0 bridgehead atoms. The zero-order valence-electron chi connectivity index (χ0n) is 11.2. The molecule has 1 aromatic heterocycles. The molecule has 0 aliphatic rings. The van der Waals surface area contributed by atoms with E-state index in [9.17, 15) is 18.3 Å². The molecular formula is C12H13ClN2O4S2. The maximum Gasteiger partial charge on any atom is 0.310 e. The summed E-state index contributed by atoms with van der Waals surface area (Å²) in [7, 11) is -3.86. The molecule has 2 aromatic rings. The molecule has 1 heterocycles. The van der Waals surface area contributed by atoms with Crippen LogP contribution < -0.4 is 5.14 Å². The molecule has 2 rings (SSSR count). The van der Waals surface area contributed by atoms with Crippen LogP contribution in [-0.2, 0) is 14.8 Å². The third-order valence-electron chi connectivity index (χ3n) is 3.11. The lowest BCUT2D eigenvalue weighted by molar-refractivity contribution is -0.147. The summed E-state index contributed by atoms with van der Waals surface area (Å²) in [5.74, 6) is -1.02. The molecule has 0 amide bonds. The Morgan fingerprint density at radius 2 is 2.10 bits per heavy atom. The van der Waals surface area contributed by atoms with Crippen molar-refractivity contribution in [2.45, 2.75) is 23.6 Å². The van der Waals surface area contributed by atoms with Crippen molar-refractivity contribution in [2.75, 3.05) is 0 Å². The van der Waals surface area contributed by atoms with E-state index in [0.29, 0.717) is 15.8 Å². The average Bonchev–Trinajstić information content (AvgIpc) is 2.80. The molecule has 1 unspecified atom stereocenters. The molecule has 1 aromatic carbocycles. The fourth-order valence-electron chi connectivity index (χ4n) is 1.72. The number of aliphatic carboxylic acids is 1. The Labute approximate surface area is 130 Å². The second-order valence-corrected chi connectivity index (χ2v) is 8.34. The quantitative estimate of drug-likeness (QED) is 0.824. The predicted molar refractivity (Wildman–Crippen MR) is 81.0 cm³/mol. The highest BCUT2D eigenvalue weighted by Gasteiger charge is 2.36. The first-order valence-corrected chi connectivity index (χ1v) is 8.64. The lowest BCUT2D eigenvalue weighted by atomic mass is 9.85. The van der Waals surface area contributed by atoms with E-state index in [1.165, 1.54) is 13.8 Å². The number of fused-ring (bicyclic) bond motifs is 1. The van der Waals surface area contributed by atoms with Gasteiger partial charge in [-0.15, -0.1) is 22.9 Å². The maximum absolute atomic E-state index is 11.3. The molecule has 0 fully saturated rings. The number of halogens is 1. The Morgan fingerprint density at radius 1 is 1.48 bits per heavy atom. The van der Waals surface area contributed by atoms with Gasteiger partial charge in [0.2, 0.25) is 4.34 Å². The first-order valence-electron chi connectivity index (χ1n) is 5.84. The van der Waals surface area contributed by atoms with E-state index in [1.54, 1.807) is 18.2 Å². The number of hydrogen-bond donors (Lipinski definition) is 2. The van der Waals surface area contributed by atoms with Crippen molar-refractivity contribution >= 4 is 49.1 Å². The van der Waals surface area contributed by atoms with Gasteiger partial charge >= 0.3 is 5.97 Å². The van der Waals surface area contributed by atoms with Gasteiger partial charge in [0.1, 0.15) is 0 Å². The number of carbonyl (C=O) groups is 1. The van der Waals surface area contributed by atoms with Crippen molar-refractivity contribution in [3.63, 3.8) is 0 Å². The average molecular weight is 349 g/mol. The SMILES string of the molecule is CC(C)(C(=O)O)C(Cl)c1ccc2nc(S(N)(=O)=O)sc2c1. The molecule has 114 valence electrons. The summed E-state index contributed by atoms with van der Waals surface area (Å²) >= 11 is 7.18. The largest absolute Gasteiger partial charge is 0.481 e. The summed E-state index contributed by atoms with van der Waals surface area (Å²) in [6.07, 6.45) is 0. The molecule has 0 saturated carbocycles. The smallest absolute Gasteiger partial charge is 0.310 e. The number of benzene rings is 1. The molecule has 0 spiro atoms. The van der Waals surface area contributed by atoms with E-state index in [0.717, 1.165) is 11.3 Å². The van der Waals surface area contributed by atoms with E-state index < -0.39 is 26.8 Å². The molecule has 1 atom stereocenters. The third kappa shape index (κ3) is 3.03. The molecular weight excluding hydrogens is 336 g/mol. The summed E-state index contributed by atoms with van der Waals surface area (Å²) in [6.45, 7) is 3.05. The molecule has 9 heteroatoms. The Balaban J connectivity index is 2.51. The van der Waals surface area contributed by atoms with Crippen LogP contribution in [0.15, 0.2) is 22.5 Å². The number of alkyl halides is 1. The first kappa shape index (κ1) is 16.2. The van der Waals surface area contributed by atoms with E-state index in [-0.39, 0.29) is 4.34 Å². The fraction of sp³-hybridized carbons (Fsp3) is 0.333. The van der Waals surface area contributed by atoms with Gasteiger partial charge in [-0.3, -0.25) is 4.79 Å². The number of nitrogens with zero attached hydrogens (tertiary/aromatic N) is 1.